The normalized spacial score (nSPS) is 19.9. The molecular formula is C14H20N2O2. The van der Waals surface area contributed by atoms with Crippen LogP contribution in [0.4, 0.5) is 0 Å². The largest absolute Gasteiger partial charge is 0.491 e. The van der Waals surface area contributed by atoms with Crippen molar-refractivity contribution in [3.63, 3.8) is 0 Å². The topological polar surface area (TPSA) is 64.4 Å². The van der Waals surface area contributed by atoms with E-state index in [2.05, 4.69) is 5.32 Å². The molecule has 0 spiro atoms. The van der Waals surface area contributed by atoms with Gasteiger partial charge in [0.25, 0.3) is 0 Å². The molecule has 2 unspecified atom stereocenters. The number of nitrogens with one attached hydrogen (secondary N) is 1. The van der Waals surface area contributed by atoms with Gasteiger partial charge in [-0.05, 0) is 24.0 Å². The van der Waals surface area contributed by atoms with E-state index >= 15 is 0 Å². The van der Waals surface area contributed by atoms with E-state index in [-0.39, 0.29) is 17.9 Å². The summed E-state index contributed by atoms with van der Waals surface area (Å²) in [6.07, 6.45) is 0.798. The van der Waals surface area contributed by atoms with Gasteiger partial charge in [-0.3, -0.25) is 4.79 Å². The Morgan fingerprint density at radius 1 is 1.44 bits per heavy atom. The lowest BCUT2D eigenvalue weighted by atomic mass is 10.0. The van der Waals surface area contributed by atoms with Gasteiger partial charge in [0, 0.05) is 0 Å². The minimum Gasteiger partial charge on any atom is -0.491 e. The van der Waals surface area contributed by atoms with Crippen LogP contribution in [0.3, 0.4) is 0 Å². The molecule has 1 amide bonds. The molecule has 3 N–H and O–H groups in total. The van der Waals surface area contributed by atoms with Crippen LogP contribution in [0.2, 0.25) is 0 Å². The van der Waals surface area contributed by atoms with E-state index in [9.17, 15) is 4.79 Å². The summed E-state index contributed by atoms with van der Waals surface area (Å²) in [5.41, 5.74) is 6.95. The summed E-state index contributed by atoms with van der Waals surface area (Å²) >= 11 is 0. The Morgan fingerprint density at radius 3 is 2.89 bits per heavy atom. The molecule has 4 nitrogen and oxygen atoms in total. The fourth-order valence-electron chi connectivity index (χ4n) is 2.02. The van der Waals surface area contributed by atoms with E-state index in [1.807, 2.05) is 38.1 Å². The molecule has 18 heavy (non-hydrogen) atoms. The third-order valence-electron chi connectivity index (χ3n) is 3.25. The quantitative estimate of drug-likeness (QED) is 0.841. The van der Waals surface area contributed by atoms with Gasteiger partial charge in [0.2, 0.25) is 5.91 Å². The van der Waals surface area contributed by atoms with Gasteiger partial charge in [-0.1, -0.05) is 32.0 Å². The molecule has 0 aliphatic carbocycles. The third kappa shape index (κ3) is 2.82. The first-order valence-electron chi connectivity index (χ1n) is 6.34. The van der Waals surface area contributed by atoms with Crippen LogP contribution in [0.5, 0.6) is 5.75 Å². The molecule has 1 aromatic carbocycles. The third-order valence-corrected chi connectivity index (χ3v) is 3.25. The van der Waals surface area contributed by atoms with Gasteiger partial charge < -0.3 is 15.8 Å². The number of rotatable bonds is 3. The fourth-order valence-corrected chi connectivity index (χ4v) is 2.02. The highest BCUT2D eigenvalue weighted by Gasteiger charge is 2.24. The Labute approximate surface area is 108 Å². The van der Waals surface area contributed by atoms with E-state index in [4.69, 9.17) is 10.5 Å². The van der Waals surface area contributed by atoms with Crippen LogP contribution in [0.15, 0.2) is 24.3 Å². The number of para-hydroxylation sites is 1. The molecule has 0 saturated heterocycles. The monoisotopic (exact) mass is 248 g/mol. The summed E-state index contributed by atoms with van der Waals surface area (Å²) in [6, 6.07) is 7.46. The second-order valence-electron chi connectivity index (χ2n) is 5.10. The molecule has 1 heterocycles. The predicted molar refractivity (Wildman–Crippen MR) is 70.4 cm³/mol. The average Bonchev–Trinajstić information content (AvgIpc) is 2.37. The fraction of sp³-hybridized carbons (Fsp3) is 0.500. The van der Waals surface area contributed by atoms with Crippen molar-refractivity contribution in [2.75, 3.05) is 6.61 Å². The van der Waals surface area contributed by atoms with Crippen molar-refractivity contribution in [1.29, 1.82) is 0 Å². The first-order valence-corrected chi connectivity index (χ1v) is 6.34. The lowest BCUT2D eigenvalue weighted by molar-refractivity contribution is -0.124. The van der Waals surface area contributed by atoms with Crippen molar-refractivity contribution in [3.05, 3.63) is 29.8 Å². The molecular weight excluding hydrogens is 228 g/mol. The smallest absolute Gasteiger partial charge is 0.237 e. The van der Waals surface area contributed by atoms with Gasteiger partial charge in [-0.15, -0.1) is 0 Å². The standard InChI is InChI=1S/C14H20N2O2/c1-9(2)13(15)14(17)16-11-7-10-5-3-4-6-12(10)18-8-11/h3-6,9,11,13H,7-8,15H2,1-2H3,(H,16,17). The van der Waals surface area contributed by atoms with Crippen LogP contribution in [0, 0.1) is 5.92 Å². The van der Waals surface area contributed by atoms with Crippen molar-refractivity contribution >= 4 is 5.91 Å². The Bertz CT molecular complexity index is 432. The van der Waals surface area contributed by atoms with Crippen LogP contribution >= 0.6 is 0 Å². The van der Waals surface area contributed by atoms with E-state index in [1.54, 1.807) is 0 Å². The first kappa shape index (κ1) is 12.9. The van der Waals surface area contributed by atoms with Gasteiger partial charge in [0.15, 0.2) is 0 Å². The van der Waals surface area contributed by atoms with Crippen molar-refractivity contribution < 1.29 is 9.53 Å². The van der Waals surface area contributed by atoms with E-state index < -0.39 is 6.04 Å². The van der Waals surface area contributed by atoms with Crippen LogP contribution in [0.1, 0.15) is 19.4 Å². The number of nitrogens with two attached hydrogens (primary N) is 1. The summed E-state index contributed by atoms with van der Waals surface area (Å²) in [5.74, 6) is 0.955. The summed E-state index contributed by atoms with van der Waals surface area (Å²) in [7, 11) is 0. The van der Waals surface area contributed by atoms with Crippen molar-refractivity contribution in [1.82, 2.24) is 5.32 Å². The zero-order valence-electron chi connectivity index (χ0n) is 10.8. The van der Waals surface area contributed by atoms with Gasteiger partial charge in [0.05, 0.1) is 12.1 Å². The maximum Gasteiger partial charge on any atom is 0.237 e. The molecule has 2 rings (SSSR count). The Morgan fingerprint density at radius 2 is 2.17 bits per heavy atom. The van der Waals surface area contributed by atoms with Crippen LogP contribution in [0.25, 0.3) is 0 Å². The average molecular weight is 248 g/mol. The Balaban J connectivity index is 1.96. The molecule has 2 atom stereocenters. The van der Waals surface area contributed by atoms with Crippen LogP contribution in [-0.2, 0) is 11.2 Å². The maximum absolute atomic E-state index is 11.9. The molecule has 0 bridgehead atoms. The highest BCUT2D eigenvalue weighted by atomic mass is 16.5. The molecule has 0 aromatic heterocycles. The van der Waals surface area contributed by atoms with Crippen molar-refractivity contribution in [2.24, 2.45) is 11.7 Å². The lowest BCUT2D eigenvalue weighted by Crippen LogP contribution is -2.51. The van der Waals surface area contributed by atoms with Crippen LogP contribution in [-0.4, -0.2) is 24.6 Å². The molecule has 0 saturated carbocycles. The molecule has 0 radical (unpaired) electrons. The summed E-state index contributed by atoms with van der Waals surface area (Å²) in [4.78, 5) is 11.9. The number of benzene rings is 1. The number of carbonyl (C=O) groups is 1. The summed E-state index contributed by atoms with van der Waals surface area (Å²) in [6.45, 7) is 4.39. The predicted octanol–water partition coefficient (Wildman–Crippen LogP) is 1.09. The highest BCUT2D eigenvalue weighted by molar-refractivity contribution is 5.82. The second-order valence-corrected chi connectivity index (χ2v) is 5.10. The van der Waals surface area contributed by atoms with Crippen molar-refractivity contribution in [2.45, 2.75) is 32.4 Å². The van der Waals surface area contributed by atoms with Crippen LogP contribution < -0.4 is 15.8 Å². The van der Waals surface area contributed by atoms with E-state index in [0.717, 1.165) is 17.7 Å². The number of fused-ring (bicyclic) bond motifs is 1. The minimum absolute atomic E-state index is 0.0113. The van der Waals surface area contributed by atoms with E-state index in [1.165, 1.54) is 0 Å². The summed E-state index contributed by atoms with van der Waals surface area (Å²) in [5, 5.41) is 2.95. The number of hydrogen-bond donors (Lipinski definition) is 2. The zero-order valence-corrected chi connectivity index (χ0v) is 10.8. The number of ether oxygens (including phenoxy) is 1. The van der Waals surface area contributed by atoms with E-state index in [0.29, 0.717) is 6.61 Å². The maximum atomic E-state index is 11.9. The molecule has 1 aliphatic rings. The molecule has 98 valence electrons. The van der Waals surface area contributed by atoms with Gasteiger partial charge in [-0.25, -0.2) is 0 Å². The highest BCUT2D eigenvalue weighted by Crippen LogP contribution is 2.23. The molecule has 0 fully saturated rings. The molecule has 1 aliphatic heterocycles. The number of hydrogen-bond acceptors (Lipinski definition) is 3. The minimum atomic E-state index is -0.456. The number of carbonyl (C=O) groups excluding carboxylic acids is 1. The first-order chi connectivity index (χ1) is 8.58. The Hall–Kier alpha value is -1.55. The molecule has 4 heteroatoms. The van der Waals surface area contributed by atoms with Gasteiger partial charge in [0.1, 0.15) is 12.4 Å². The number of amides is 1. The summed E-state index contributed by atoms with van der Waals surface area (Å²) < 4.78 is 5.62. The Kier molecular flexibility index (Phi) is 3.87. The second kappa shape index (κ2) is 5.40. The molecule has 1 aromatic rings. The van der Waals surface area contributed by atoms with Gasteiger partial charge >= 0.3 is 0 Å². The SMILES string of the molecule is CC(C)C(N)C(=O)NC1COc2ccccc2C1. The zero-order chi connectivity index (χ0) is 13.1. The lowest BCUT2D eigenvalue weighted by Gasteiger charge is -2.27. The van der Waals surface area contributed by atoms with Crippen molar-refractivity contribution in [3.8, 4) is 5.75 Å². The van der Waals surface area contributed by atoms with Gasteiger partial charge in [-0.2, -0.15) is 0 Å².